The number of hydrogen-bond acceptors (Lipinski definition) is 3. The Bertz CT molecular complexity index is 514. The van der Waals surface area contributed by atoms with Crippen molar-refractivity contribution in [1.29, 1.82) is 0 Å². The van der Waals surface area contributed by atoms with Gasteiger partial charge in [0.1, 0.15) is 5.75 Å². The van der Waals surface area contributed by atoms with Gasteiger partial charge in [0, 0.05) is 19.6 Å². The minimum absolute atomic E-state index is 0.0894. The van der Waals surface area contributed by atoms with Gasteiger partial charge in [0.2, 0.25) is 0 Å². The first-order chi connectivity index (χ1) is 10.5. The Morgan fingerprint density at radius 1 is 1.23 bits per heavy atom. The highest BCUT2D eigenvalue weighted by molar-refractivity contribution is 5.77. The standard InChI is InChI=1S/C18H28N2O2/c1-14(2)16-7-6-15(3)12-17(16)22-13-18(21)20-9-5-8-19(4)10-11-20/h6-7,12,14H,5,8-11,13H2,1-4H3. The zero-order valence-corrected chi connectivity index (χ0v) is 14.3. The minimum Gasteiger partial charge on any atom is -0.483 e. The predicted octanol–water partition coefficient (Wildman–Crippen LogP) is 2.66. The molecule has 2 rings (SSSR count). The van der Waals surface area contributed by atoms with E-state index in [0.717, 1.165) is 49.5 Å². The second kappa shape index (κ2) is 7.63. The summed E-state index contributed by atoms with van der Waals surface area (Å²) in [7, 11) is 2.10. The lowest BCUT2D eigenvalue weighted by Crippen LogP contribution is -2.37. The van der Waals surface area contributed by atoms with Crippen molar-refractivity contribution in [2.75, 3.05) is 39.8 Å². The molecule has 4 nitrogen and oxygen atoms in total. The van der Waals surface area contributed by atoms with Crippen molar-refractivity contribution in [3.8, 4) is 5.75 Å². The highest BCUT2D eigenvalue weighted by Gasteiger charge is 2.18. The Morgan fingerprint density at radius 3 is 2.73 bits per heavy atom. The molecule has 0 aliphatic carbocycles. The van der Waals surface area contributed by atoms with Crippen molar-refractivity contribution in [2.24, 2.45) is 0 Å². The molecule has 1 fully saturated rings. The fourth-order valence-electron chi connectivity index (χ4n) is 2.77. The van der Waals surface area contributed by atoms with E-state index in [0.29, 0.717) is 5.92 Å². The lowest BCUT2D eigenvalue weighted by molar-refractivity contribution is -0.133. The fourth-order valence-corrected chi connectivity index (χ4v) is 2.77. The minimum atomic E-state index is 0.0894. The predicted molar refractivity (Wildman–Crippen MR) is 89.5 cm³/mol. The molecule has 0 N–H and O–H groups in total. The van der Waals surface area contributed by atoms with Crippen LogP contribution in [0.5, 0.6) is 5.75 Å². The van der Waals surface area contributed by atoms with Crippen LogP contribution >= 0.6 is 0 Å². The van der Waals surface area contributed by atoms with Crippen molar-refractivity contribution in [2.45, 2.75) is 33.1 Å². The van der Waals surface area contributed by atoms with E-state index in [1.807, 2.05) is 17.9 Å². The summed E-state index contributed by atoms with van der Waals surface area (Å²) in [5, 5.41) is 0. The summed E-state index contributed by atoms with van der Waals surface area (Å²) in [4.78, 5) is 16.6. The Hall–Kier alpha value is -1.55. The van der Waals surface area contributed by atoms with Crippen LogP contribution in [0.25, 0.3) is 0 Å². The molecule has 1 aliphatic heterocycles. The number of nitrogens with zero attached hydrogens (tertiary/aromatic N) is 2. The molecule has 0 bridgehead atoms. The second-order valence-corrected chi connectivity index (χ2v) is 6.52. The zero-order chi connectivity index (χ0) is 16.1. The van der Waals surface area contributed by atoms with Crippen LogP contribution in [0.15, 0.2) is 18.2 Å². The van der Waals surface area contributed by atoms with E-state index in [1.165, 1.54) is 0 Å². The van der Waals surface area contributed by atoms with Gasteiger partial charge in [-0.25, -0.2) is 0 Å². The number of ether oxygens (including phenoxy) is 1. The number of hydrogen-bond donors (Lipinski definition) is 0. The summed E-state index contributed by atoms with van der Waals surface area (Å²) >= 11 is 0. The lowest BCUT2D eigenvalue weighted by Gasteiger charge is -2.21. The maximum Gasteiger partial charge on any atom is 0.260 e. The number of aryl methyl sites for hydroxylation is 1. The summed E-state index contributed by atoms with van der Waals surface area (Å²) in [6.45, 7) is 10.1. The van der Waals surface area contributed by atoms with E-state index in [2.05, 4.69) is 37.9 Å². The molecule has 1 heterocycles. The Labute approximate surface area is 134 Å². The molecule has 0 radical (unpaired) electrons. The smallest absolute Gasteiger partial charge is 0.260 e. The third kappa shape index (κ3) is 4.47. The summed E-state index contributed by atoms with van der Waals surface area (Å²) in [6, 6.07) is 6.22. The van der Waals surface area contributed by atoms with Crippen molar-refractivity contribution >= 4 is 5.91 Å². The molecular weight excluding hydrogens is 276 g/mol. The van der Waals surface area contributed by atoms with Gasteiger partial charge in [-0.1, -0.05) is 26.0 Å². The average Bonchev–Trinajstić information content (AvgIpc) is 2.69. The van der Waals surface area contributed by atoms with E-state index in [-0.39, 0.29) is 12.5 Å². The summed E-state index contributed by atoms with van der Waals surface area (Å²) in [5.41, 5.74) is 2.32. The molecule has 0 atom stereocenters. The van der Waals surface area contributed by atoms with Crippen LogP contribution < -0.4 is 4.74 Å². The molecule has 0 aromatic heterocycles. The van der Waals surface area contributed by atoms with Crippen molar-refractivity contribution in [1.82, 2.24) is 9.80 Å². The van der Waals surface area contributed by atoms with Crippen molar-refractivity contribution in [3.63, 3.8) is 0 Å². The Balaban J connectivity index is 1.97. The lowest BCUT2D eigenvalue weighted by atomic mass is 10.0. The first-order valence-corrected chi connectivity index (χ1v) is 8.17. The number of carbonyl (C=O) groups is 1. The first kappa shape index (κ1) is 16.8. The molecule has 1 saturated heterocycles. The van der Waals surface area contributed by atoms with Gasteiger partial charge < -0.3 is 14.5 Å². The first-order valence-electron chi connectivity index (χ1n) is 8.17. The molecule has 1 aliphatic rings. The van der Waals surface area contributed by atoms with Gasteiger partial charge in [0.05, 0.1) is 0 Å². The van der Waals surface area contributed by atoms with E-state index in [1.54, 1.807) is 0 Å². The Morgan fingerprint density at radius 2 is 2.00 bits per heavy atom. The van der Waals surface area contributed by atoms with E-state index >= 15 is 0 Å². The van der Waals surface area contributed by atoms with Gasteiger partial charge in [-0.15, -0.1) is 0 Å². The van der Waals surface area contributed by atoms with Crippen molar-refractivity contribution < 1.29 is 9.53 Å². The molecule has 1 aromatic carbocycles. The monoisotopic (exact) mass is 304 g/mol. The highest BCUT2D eigenvalue weighted by Crippen LogP contribution is 2.27. The fraction of sp³-hybridized carbons (Fsp3) is 0.611. The quantitative estimate of drug-likeness (QED) is 0.857. The highest BCUT2D eigenvalue weighted by atomic mass is 16.5. The molecule has 0 unspecified atom stereocenters. The van der Waals surface area contributed by atoms with Crippen LogP contribution in [-0.4, -0.2) is 55.5 Å². The largest absolute Gasteiger partial charge is 0.483 e. The number of carbonyl (C=O) groups excluding carboxylic acids is 1. The van der Waals surface area contributed by atoms with E-state index < -0.39 is 0 Å². The molecule has 22 heavy (non-hydrogen) atoms. The number of benzene rings is 1. The molecule has 1 amide bonds. The molecule has 0 saturated carbocycles. The van der Waals surface area contributed by atoms with Gasteiger partial charge in [-0.2, -0.15) is 0 Å². The van der Waals surface area contributed by atoms with Gasteiger partial charge in [-0.3, -0.25) is 4.79 Å². The molecule has 122 valence electrons. The van der Waals surface area contributed by atoms with E-state index in [4.69, 9.17) is 4.74 Å². The van der Waals surface area contributed by atoms with Crippen LogP contribution in [0.1, 0.15) is 37.3 Å². The molecule has 4 heteroatoms. The molecule has 1 aromatic rings. The zero-order valence-electron chi connectivity index (χ0n) is 14.3. The normalized spacial score (nSPS) is 16.7. The SMILES string of the molecule is Cc1ccc(C(C)C)c(OCC(=O)N2CCCN(C)CC2)c1. The third-order valence-corrected chi connectivity index (χ3v) is 4.21. The maximum atomic E-state index is 12.4. The average molecular weight is 304 g/mol. The van der Waals surface area contributed by atoms with Crippen LogP contribution in [0.2, 0.25) is 0 Å². The maximum absolute atomic E-state index is 12.4. The summed E-state index contributed by atoms with van der Waals surface area (Å²) in [6.07, 6.45) is 1.03. The summed E-state index contributed by atoms with van der Waals surface area (Å²) in [5.74, 6) is 1.32. The number of likely N-dealkylation sites (N-methyl/N-ethyl adjacent to an activating group) is 1. The molecular formula is C18H28N2O2. The van der Waals surface area contributed by atoms with Crippen LogP contribution in [0.4, 0.5) is 0 Å². The van der Waals surface area contributed by atoms with E-state index in [9.17, 15) is 4.79 Å². The van der Waals surface area contributed by atoms with Crippen molar-refractivity contribution in [3.05, 3.63) is 29.3 Å². The topological polar surface area (TPSA) is 32.8 Å². The van der Waals surface area contributed by atoms with Gasteiger partial charge in [0.15, 0.2) is 6.61 Å². The molecule has 0 spiro atoms. The Kier molecular flexibility index (Phi) is 5.83. The van der Waals surface area contributed by atoms with Crippen LogP contribution in [0, 0.1) is 6.92 Å². The number of rotatable bonds is 4. The number of amides is 1. The van der Waals surface area contributed by atoms with Gasteiger partial charge in [-0.05, 0) is 50.0 Å². The van der Waals surface area contributed by atoms with Crippen LogP contribution in [-0.2, 0) is 4.79 Å². The second-order valence-electron chi connectivity index (χ2n) is 6.52. The van der Waals surface area contributed by atoms with Gasteiger partial charge in [0.25, 0.3) is 5.91 Å². The van der Waals surface area contributed by atoms with Gasteiger partial charge >= 0.3 is 0 Å². The van der Waals surface area contributed by atoms with Crippen LogP contribution in [0.3, 0.4) is 0 Å². The summed E-state index contributed by atoms with van der Waals surface area (Å²) < 4.78 is 5.86. The third-order valence-electron chi connectivity index (χ3n) is 4.21.